The topological polar surface area (TPSA) is 25.8 Å². The van der Waals surface area contributed by atoms with Crippen LogP contribution in [-0.2, 0) is 5.41 Å². The molecule has 2 aromatic heterocycles. The first-order valence-corrected chi connectivity index (χ1v) is 12.1. The Hall–Kier alpha value is -0.740. The number of halogens is 2. The molecule has 0 N–H and O–H groups in total. The highest BCUT2D eigenvalue weighted by atomic mass is 79.9. The molecule has 0 saturated heterocycles. The lowest BCUT2D eigenvalue weighted by molar-refractivity contribution is 0.400. The van der Waals surface area contributed by atoms with E-state index in [0.717, 1.165) is 20.6 Å². The number of unbranched alkanes of at least 4 members (excludes halogenated alkanes) is 6. The van der Waals surface area contributed by atoms with Gasteiger partial charge in [-0.05, 0) is 68.0 Å². The van der Waals surface area contributed by atoms with Crippen molar-refractivity contribution >= 4 is 31.9 Å². The molecule has 2 nitrogen and oxygen atoms in total. The van der Waals surface area contributed by atoms with Crippen LogP contribution in [-0.4, -0.2) is 9.97 Å². The van der Waals surface area contributed by atoms with E-state index in [-0.39, 0.29) is 5.41 Å². The summed E-state index contributed by atoms with van der Waals surface area (Å²) in [6.45, 7) is 4.56. The molecule has 0 aliphatic heterocycles. The summed E-state index contributed by atoms with van der Waals surface area (Å²) in [5, 5.41) is 0. The van der Waals surface area contributed by atoms with Crippen LogP contribution >= 0.6 is 31.9 Å². The molecule has 0 saturated carbocycles. The maximum atomic E-state index is 4.85. The molecule has 146 valence electrons. The lowest BCUT2D eigenvalue weighted by atomic mass is 9.71. The summed E-state index contributed by atoms with van der Waals surface area (Å²) in [6, 6.07) is 8.79. The van der Waals surface area contributed by atoms with Crippen molar-refractivity contribution in [3.05, 3.63) is 44.6 Å². The molecule has 0 bridgehead atoms. The van der Waals surface area contributed by atoms with Crippen LogP contribution in [0.15, 0.2) is 33.5 Å². The molecular weight excluding hydrogens is 464 g/mol. The maximum absolute atomic E-state index is 4.85. The zero-order chi connectivity index (χ0) is 19.3. The number of fused-ring (bicyclic) bond motifs is 3. The first-order valence-electron chi connectivity index (χ1n) is 10.5. The van der Waals surface area contributed by atoms with Gasteiger partial charge in [-0.1, -0.05) is 77.3 Å². The van der Waals surface area contributed by atoms with Gasteiger partial charge in [0.05, 0.1) is 11.4 Å². The van der Waals surface area contributed by atoms with Gasteiger partial charge in [0, 0.05) is 5.41 Å². The maximum Gasteiger partial charge on any atom is 0.106 e. The Bertz CT molecular complexity index is 707. The average molecular weight is 494 g/mol. The highest BCUT2D eigenvalue weighted by Crippen LogP contribution is 2.53. The van der Waals surface area contributed by atoms with Crippen LogP contribution in [0.4, 0.5) is 0 Å². The van der Waals surface area contributed by atoms with Crippen molar-refractivity contribution in [1.29, 1.82) is 0 Å². The van der Waals surface area contributed by atoms with Crippen LogP contribution < -0.4 is 0 Å². The SMILES string of the molecule is CCCCCCC1(CCCCCC)c2ccc(Br)nc2-c2nc(Br)ccc21. The van der Waals surface area contributed by atoms with Crippen molar-refractivity contribution in [2.45, 2.75) is 83.5 Å². The van der Waals surface area contributed by atoms with E-state index in [2.05, 4.69) is 70.0 Å². The number of aromatic nitrogens is 2. The summed E-state index contributed by atoms with van der Waals surface area (Å²) < 4.78 is 1.78. The van der Waals surface area contributed by atoms with E-state index in [1.165, 1.54) is 75.3 Å². The number of hydrogen-bond donors (Lipinski definition) is 0. The second-order valence-corrected chi connectivity index (χ2v) is 9.39. The second-order valence-electron chi connectivity index (χ2n) is 7.76. The summed E-state index contributed by atoms with van der Waals surface area (Å²) in [6.07, 6.45) is 12.8. The molecule has 0 aromatic carbocycles. The third-order valence-electron chi connectivity index (χ3n) is 5.89. The quantitative estimate of drug-likeness (QED) is 0.246. The third kappa shape index (κ3) is 4.48. The zero-order valence-corrected chi connectivity index (χ0v) is 19.7. The van der Waals surface area contributed by atoms with Crippen LogP contribution in [0, 0.1) is 0 Å². The predicted octanol–water partition coefficient (Wildman–Crippen LogP) is 8.21. The molecule has 0 fully saturated rings. The van der Waals surface area contributed by atoms with Crippen LogP contribution in [0.3, 0.4) is 0 Å². The number of hydrogen-bond acceptors (Lipinski definition) is 2. The van der Waals surface area contributed by atoms with Gasteiger partial charge in [0.1, 0.15) is 9.21 Å². The van der Waals surface area contributed by atoms with Crippen molar-refractivity contribution in [2.75, 3.05) is 0 Å². The van der Waals surface area contributed by atoms with Crippen LogP contribution in [0.2, 0.25) is 0 Å². The molecule has 0 atom stereocenters. The molecule has 0 amide bonds. The number of rotatable bonds is 10. The van der Waals surface area contributed by atoms with Crippen LogP contribution in [0.5, 0.6) is 0 Å². The molecule has 4 heteroatoms. The molecular formula is C23H30Br2N2. The third-order valence-corrected chi connectivity index (χ3v) is 6.78. The Morgan fingerprint density at radius 1 is 0.667 bits per heavy atom. The van der Waals surface area contributed by atoms with Crippen molar-refractivity contribution in [3.63, 3.8) is 0 Å². The van der Waals surface area contributed by atoms with Crippen LogP contribution in [0.1, 0.15) is 89.2 Å². The van der Waals surface area contributed by atoms with Gasteiger partial charge >= 0.3 is 0 Å². The molecule has 27 heavy (non-hydrogen) atoms. The van der Waals surface area contributed by atoms with Gasteiger partial charge in [-0.15, -0.1) is 0 Å². The summed E-state index contributed by atoms with van der Waals surface area (Å²) in [4.78, 5) is 9.71. The lowest BCUT2D eigenvalue weighted by Gasteiger charge is -2.32. The minimum atomic E-state index is 0.0769. The molecule has 2 aromatic rings. The standard InChI is InChI=1S/C23H30Br2N2/c1-3-5-7-9-15-23(16-10-8-6-4-2)17-11-13-19(24)26-21(17)22-18(23)12-14-20(25)27-22/h11-14H,3-10,15-16H2,1-2H3. The van der Waals surface area contributed by atoms with E-state index in [4.69, 9.17) is 9.97 Å². The Morgan fingerprint density at radius 2 is 1.11 bits per heavy atom. The van der Waals surface area contributed by atoms with E-state index >= 15 is 0 Å². The minimum absolute atomic E-state index is 0.0769. The molecule has 0 unspecified atom stereocenters. The van der Waals surface area contributed by atoms with Gasteiger partial charge in [-0.3, -0.25) is 0 Å². The zero-order valence-electron chi connectivity index (χ0n) is 16.5. The fourth-order valence-electron chi connectivity index (χ4n) is 4.52. The Morgan fingerprint density at radius 3 is 1.52 bits per heavy atom. The highest BCUT2D eigenvalue weighted by molar-refractivity contribution is 9.10. The molecule has 0 spiro atoms. The van der Waals surface area contributed by atoms with Gasteiger partial charge in [0.15, 0.2) is 0 Å². The normalized spacial score (nSPS) is 14.2. The van der Waals surface area contributed by atoms with Crippen molar-refractivity contribution in [2.24, 2.45) is 0 Å². The Balaban J connectivity index is 2.02. The van der Waals surface area contributed by atoms with Gasteiger partial charge in [-0.2, -0.15) is 0 Å². The smallest absolute Gasteiger partial charge is 0.106 e. The largest absolute Gasteiger partial charge is 0.239 e. The van der Waals surface area contributed by atoms with E-state index in [1.54, 1.807) is 0 Å². The van der Waals surface area contributed by atoms with Crippen molar-refractivity contribution in [3.8, 4) is 11.4 Å². The van der Waals surface area contributed by atoms with E-state index < -0.39 is 0 Å². The fourth-order valence-corrected chi connectivity index (χ4v) is 5.14. The van der Waals surface area contributed by atoms with Crippen molar-refractivity contribution < 1.29 is 0 Å². The van der Waals surface area contributed by atoms with E-state index in [1.807, 2.05) is 0 Å². The molecule has 3 rings (SSSR count). The highest BCUT2D eigenvalue weighted by Gasteiger charge is 2.44. The number of nitrogens with zero attached hydrogens (tertiary/aromatic N) is 2. The first kappa shape index (κ1) is 21.0. The van der Waals surface area contributed by atoms with E-state index in [0.29, 0.717) is 0 Å². The summed E-state index contributed by atoms with van der Waals surface area (Å²) >= 11 is 7.14. The lowest BCUT2D eigenvalue weighted by Crippen LogP contribution is -2.25. The predicted molar refractivity (Wildman–Crippen MR) is 121 cm³/mol. The molecule has 0 radical (unpaired) electrons. The Kier molecular flexibility index (Phi) is 7.49. The summed E-state index contributed by atoms with van der Waals surface area (Å²) in [5.74, 6) is 0. The summed E-state index contributed by atoms with van der Waals surface area (Å²) in [7, 11) is 0. The second kappa shape index (κ2) is 9.65. The molecule has 1 aliphatic rings. The van der Waals surface area contributed by atoms with Gasteiger partial charge in [-0.25, -0.2) is 9.97 Å². The fraction of sp³-hybridized carbons (Fsp3) is 0.565. The summed E-state index contributed by atoms with van der Waals surface area (Å²) in [5.41, 5.74) is 5.00. The van der Waals surface area contributed by atoms with Crippen LogP contribution in [0.25, 0.3) is 11.4 Å². The minimum Gasteiger partial charge on any atom is -0.239 e. The van der Waals surface area contributed by atoms with E-state index in [9.17, 15) is 0 Å². The van der Waals surface area contributed by atoms with Gasteiger partial charge in [0.25, 0.3) is 0 Å². The van der Waals surface area contributed by atoms with Gasteiger partial charge in [0.2, 0.25) is 0 Å². The van der Waals surface area contributed by atoms with Gasteiger partial charge < -0.3 is 0 Å². The van der Waals surface area contributed by atoms with Crippen molar-refractivity contribution in [1.82, 2.24) is 9.97 Å². The number of pyridine rings is 2. The molecule has 2 heterocycles. The monoisotopic (exact) mass is 492 g/mol. The first-order chi connectivity index (χ1) is 13.1. The Labute approximate surface area is 180 Å². The average Bonchev–Trinajstić information content (AvgIpc) is 2.92. The molecule has 1 aliphatic carbocycles.